The van der Waals surface area contributed by atoms with Crippen molar-refractivity contribution in [2.45, 2.75) is 52.6 Å². The number of rotatable bonds is 5. The van der Waals surface area contributed by atoms with Gasteiger partial charge in [-0.3, -0.25) is 0 Å². The van der Waals surface area contributed by atoms with Crippen molar-refractivity contribution in [1.82, 2.24) is 15.1 Å². The van der Waals surface area contributed by atoms with E-state index in [2.05, 4.69) is 85.6 Å². The molecule has 4 rings (SSSR count). The monoisotopic (exact) mass is 374 g/mol. The van der Waals surface area contributed by atoms with Crippen LogP contribution < -0.4 is 10.2 Å². The molecule has 0 saturated carbocycles. The topological polar surface area (TPSA) is 33.1 Å². The van der Waals surface area contributed by atoms with E-state index in [1.54, 1.807) is 0 Å². The lowest BCUT2D eigenvalue weighted by Crippen LogP contribution is -2.40. The summed E-state index contributed by atoms with van der Waals surface area (Å²) in [7, 11) is 2.18. The second-order valence-corrected chi connectivity index (χ2v) is 7.84. The molecular formula is C24H30N4. The lowest BCUT2D eigenvalue weighted by molar-refractivity contribution is 0.679. The van der Waals surface area contributed by atoms with Gasteiger partial charge in [0.25, 0.3) is 0 Å². The van der Waals surface area contributed by atoms with E-state index in [0.29, 0.717) is 0 Å². The van der Waals surface area contributed by atoms with Crippen molar-refractivity contribution in [1.29, 1.82) is 0 Å². The van der Waals surface area contributed by atoms with Crippen molar-refractivity contribution in [2.75, 3.05) is 11.9 Å². The van der Waals surface area contributed by atoms with Gasteiger partial charge in [-0.25, -0.2) is 4.68 Å². The Balaban J connectivity index is 1.64. The average Bonchev–Trinajstić information content (AvgIpc) is 3.11. The highest BCUT2D eigenvalue weighted by atomic mass is 15.4. The quantitative estimate of drug-likeness (QED) is 0.814. The third-order valence-electron chi connectivity index (χ3n) is 5.93. The number of allylic oxidation sites excluding steroid dienone is 3. The number of benzene rings is 1. The van der Waals surface area contributed by atoms with Crippen LogP contribution in [0.2, 0.25) is 0 Å². The summed E-state index contributed by atoms with van der Waals surface area (Å²) in [6.45, 7) is 7.35. The Morgan fingerprint density at radius 2 is 1.89 bits per heavy atom. The fourth-order valence-electron chi connectivity index (χ4n) is 4.23. The maximum Gasteiger partial charge on any atom is 0.137 e. The van der Waals surface area contributed by atoms with E-state index in [4.69, 9.17) is 0 Å². The summed E-state index contributed by atoms with van der Waals surface area (Å²) >= 11 is 0. The Morgan fingerprint density at radius 1 is 1.14 bits per heavy atom. The molecule has 0 saturated heterocycles. The van der Waals surface area contributed by atoms with Crippen LogP contribution in [0.5, 0.6) is 0 Å². The van der Waals surface area contributed by atoms with Crippen LogP contribution in [-0.2, 0) is 13.0 Å². The molecule has 4 heteroatoms. The largest absolute Gasteiger partial charge is 0.366 e. The Labute approximate surface area is 168 Å². The molecule has 4 nitrogen and oxygen atoms in total. The van der Waals surface area contributed by atoms with Crippen molar-refractivity contribution < 1.29 is 0 Å². The molecule has 0 spiro atoms. The molecular weight excluding hydrogens is 344 g/mol. The molecule has 1 N–H and O–H groups in total. The average molecular weight is 375 g/mol. The molecule has 0 radical (unpaired) electrons. The molecule has 28 heavy (non-hydrogen) atoms. The number of hydrogen-bond acceptors (Lipinski definition) is 3. The lowest BCUT2D eigenvalue weighted by Gasteiger charge is -2.37. The fraction of sp³-hybridized carbons (Fsp3) is 0.375. The van der Waals surface area contributed by atoms with Gasteiger partial charge in [0.05, 0.1) is 12.2 Å². The smallest absolute Gasteiger partial charge is 0.137 e. The van der Waals surface area contributed by atoms with Crippen molar-refractivity contribution in [3.05, 3.63) is 76.5 Å². The number of hydrogen-bond donors (Lipinski definition) is 1. The zero-order valence-electron chi connectivity index (χ0n) is 17.4. The minimum Gasteiger partial charge on any atom is -0.366 e. The van der Waals surface area contributed by atoms with E-state index in [9.17, 15) is 0 Å². The maximum atomic E-state index is 4.64. The molecule has 1 aliphatic heterocycles. The van der Waals surface area contributed by atoms with Crippen LogP contribution >= 0.6 is 0 Å². The van der Waals surface area contributed by atoms with E-state index in [-0.39, 0.29) is 6.04 Å². The van der Waals surface area contributed by atoms with Crippen molar-refractivity contribution in [2.24, 2.45) is 0 Å². The Hall–Kier alpha value is -2.75. The second kappa shape index (κ2) is 7.70. The minimum absolute atomic E-state index is 0.262. The van der Waals surface area contributed by atoms with E-state index in [0.717, 1.165) is 31.6 Å². The van der Waals surface area contributed by atoms with Gasteiger partial charge in [0.15, 0.2) is 0 Å². The normalized spacial score (nSPS) is 18.9. The van der Waals surface area contributed by atoms with Crippen molar-refractivity contribution in [3.63, 3.8) is 0 Å². The summed E-state index contributed by atoms with van der Waals surface area (Å²) < 4.78 is 2.04. The SMILES string of the molecule is CCc1ccc(CNC2=CC(C3=C(C)C=CCC3)N(C)c3c(C)cnn32)cc1. The molecule has 2 aromatic rings. The minimum atomic E-state index is 0.262. The number of nitrogens with zero attached hydrogens (tertiary/aromatic N) is 3. The van der Waals surface area contributed by atoms with E-state index >= 15 is 0 Å². The maximum absolute atomic E-state index is 4.64. The first-order chi connectivity index (χ1) is 13.6. The molecule has 0 fully saturated rings. The van der Waals surface area contributed by atoms with Crippen LogP contribution in [0.4, 0.5) is 5.82 Å². The molecule has 1 atom stereocenters. The zero-order chi connectivity index (χ0) is 19.7. The van der Waals surface area contributed by atoms with Gasteiger partial charge in [0, 0.05) is 19.2 Å². The van der Waals surface area contributed by atoms with Gasteiger partial charge >= 0.3 is 0 Å². The molecule has 0 bridgehead atoms. The van der Waals surface area contributed by atoms with Crippen LogP contribution in [-0.4, -0.2) is 22.9 Å². The number of anilines is 1. The molecule has 146 valence electrons. The predicted octanol–water partition coefficient (Wildman–Crippen LogP) is 4.83. The molecule has 1 aliphatic carbocycles. The van der Waals surface area contributed by atoms with Gasteiger partial charge in [-0.15, -0.1) is 0 Å². The number of likely N-dealkylation sites (N-methyl/N-ethyl adjacent to an activating group) is 1. The molecule has 2 aliphatic rings. The Bertz CT molecular complexity index is 943. The summed E-state index contributed by atoms with van der Waals surface area (Å²) in [6.07, 6.45) is 12.1. The van der Waals surface area contributed by atoms with E-state index in [1.165, 1.54) is 33.7 Å². The first-order valence-corrected chi connectivity index (χ1v) is 10.3. The number of fused-ring (bicyclic) bond motifs is 1. The highest BCUT2D eigenvalue weighted by Crippen LogP contribution is 2.34. The molecule has 0 amide bonds. The Kier molecular flexibility index (Phi) is 5.12. The van der Waals surface area contributed by atoms with Crippen LogP contribution in [0.25, 0.3) is 5.82 Å². The summed E-state index contributed by atoms with van der Waals surface area (Å²) in [5.41, 5.74) is 6.76. The van der Waals surface area contributed by atoms with Crippen LogP contribution in [0.3, 0.4) is 0 Å². The van der Waals surface area contributed by atoms with Crippen LogP contribution in [0.15, 0.2) is 59.8 Å². The Morgan fingerprint density at radius 3 is 2.61 bits per heavy atom. The number of nitrogens with one attached hydrogen (secondary N) is 1. The highest BCUT2D eigenvalue weighted by Gasteiger charge is 2.29. The lowest BCUT2D eigenvalue weighted by atomic mass is 9.91. The van der Waals surface area contributed by atoms with Gasteiger partial charge in [-0.05, 0) is 61.5 Å². The fourth-order valence-corrected chi connectivity index (χ4v) is 4.23. The first-order valence-electron chi connectivity index (χ1n) is 10.3. The summed E-state index contributed by atoms with van der Waals surface area (Å²) in [6, 6.07) is 9.13. The van der Waals surface area contributed by atoms with Crippen molar-refractivity contribution >= 4 is 11.6 Å². The third-order valence-corrected chi connectivity index (χ3v) is 5.93. The standard InChI is InChI=1S/C24H30N4/c1-5-19-10-12-20(13-11-19)16-25-23-14-22(21-9-7-6-8-17(21)2)27(4)24-18(3)15-26-28(23)24/h6,8,10-15,22,25H,5,7,9,16H2,1-4H3. The first kappa shape index (κ1) is 18.6. The molecule has 1 aromatic carbocycles. The molecule has 1 unspecified atom stereocenters. The van der Waals surface area contributed by atoms with E-state index < -0.39 is 0 Å². The van der Waals surface area contributed by atoms with Gasteiger partial charge in [0.2, 0.25) is 0 Å². The number of aryl methyl sites for hydroxylation is 2. The zero-order valence-corrected chi connectivity index (χ0v) is 17.4. The van der Waals surface area contributed by atoms with Crippen LogP contribution in [0, 0.1) is 6.92 Å². The van der Waals surface area contributed by atoms with Gasteiger partial charge in [0.1, 0.15) is 11.6 Å². The summed E-state index contributed by atoms with van der Waals surface area (Å²) in [4.78, 5) is 2.36. The second-order valence-electron chi connectivity index (χ2n) is 7.84. The predicted molar refractivity (Wildman–Crippen MR) is 117 cm³/mol. The molecule has 1 aromatic heterocycles. The summed E-state index contributed by atoms with van der Waals surface area (Å²) in [5.74, 6) is 2.24. The third kappa shape index (κ3) is 3.39. The number of aromatic nitrogens is 2. The van der Waals surface area contributed by atoms with Crippen molar-refractivity contribution in [3.8, 4) is 0 Å². The van der Waals surface area contributed by atoms with E-state index in [1.807, 2.05) is 10.9 Å². The van der Waals surface area contributed by atoms with Crippen LogP contribution in [0.1, 0.15) is 43.4 Å². The van der Waals surface area contributed by atoms with Gasteiger partial charge in [-0.1, -0.05) is 43.3 Å². The molecule has 2 heterocycles. The van der Waals surface area contributed by atoms with Gasteiger partial charge in [-0.2, -0.15) is 5.10 Å². The summed E-state index contributed by atoms with van der Waals surface area (Å²) in [5, 5.41) is 8.28. The highest BCUT2D eigenvalue weighted by molar-refractivity contribution is 5.65. The van der Waals surface area contributed by atoms with Gasteiger partial charge < -0.3 is 10.2 Å².